The number of fused-ring (bicyclic) bond motifs is 1. The van der Waals surface area contributed by atoms with Crippen molar-refractivity contribution in [3.63, 3.8) is 0 Å². The van der Waals surface area contributed by atoms with Crippen LogP contribution in [0.15, 0.2) is 6.33 Å². The summed E-state index contributed by atoms with van der Waals surface area (Å²) in [6.45, 7) is 1.95. The quantitative estimate of drug-likeness (QED) is 0.784. The molecule has 0 amide bonds. The summed E-state index contributed by atoms with van der Waals surface area (Å²) in [5, 5.41) is 19.7. The summed E-state index contributed by atoms with van der Waals surface area (Å²) >= 11 is 1.52. The first-order chi connectivity index (χ1) is 9.15. The van der Waals surface area contributed by atoms with Crippen molar-refractivity contribution in [1.29, 1.82) is 0 Å². The highest BCUT2D eigenvalue weighted by molar-refractivity contribution is 7.15. The van der Waals surface area contributed by atoms with Crippen LogP contribution in [0.5, 0.6) is 0 Å². The van der Waals surface area contributed by atoms with E-state index in [4.69, 9.17) is 5.11 Å². The molecule has 0 spiro atoms. The highest BCUT2D eigenvalue weighted by Gasteiger charge is 2.32. The Morgan fingerprint density at radius 2 is 2.53 bits per heavy atom. The molecule has 2 atom stereocenters. The third kappa shape index (κ3) is 2.19. The van der Waals surface area contributed by atoms with E-state index in [0.29, 0.717) is 12.1 Å². The molecule has 8 heteroatoms. The molecule has 7 nitrogen and oxygen atoms in total. The summed E-state index contributed by atoms with van der Waals surface area (Å²) < 4.78 is 0. The van der Waals surface area contributed by atoms with Gasteiger partial charge < -0.3 is 10.4 Å². The monoisotopic (exact) mass is 279 g/mol. The van der Waals surface area contributed by atoms with Gasteiger partial charge in [-0.1, -0.05) is 0 Å². The van der Waals surface area contributed by atoms with Gasteiger partial charge in [0.1, 0.15) is 18.1 Å². The second-order valence-electron chi connectivity index (χ2n) is 4.49. The Bertz CT molecular complexity index is 594. The number of carboxylic acid groups (broad SMARTS) is 1. The van der Waals surface area contributed by atoms with Crippen molar-refractivity contribution < 1.29 is 9.90 Å². The van der Waals surface area contributed by atoms with Gasteiger partial charge in [0.15, 0.2) is 5.13 Å². The maximum absolute atomic E-state index is 11.1. The Morgan fingerprint density at radius 1 is 1.68 bits per heavy atom. The van der Waals surface area contributed by atoms with Crippen molar-refractivity contribution in [2.24, 2.45) is 0 Å². The molecule has 0 bridgehead atoms. The number of nitrogens with one attached hydrogen (secondary N) is 2. The van der Waals surface area contributed by atoms with E-state index in [2.05, 4.69) is 25.5 Å². The van der Waals surface area contributed by atoms with E-state index in [1.165, 1.54) is 17.7 Å². The first-order valence-electron chi connectivity index (χ1n) is 5.99. The fourth-order valence-electron chi connectivity index (χ4n) is 2.21. The molecule has 0 fully saturated rings. The molecular formula is C11H13N5O2S. The third-order valence-electron chi connectivity index (χ3n) is 3.20. The van der Waals surface area contributed by atoms with Crippen molar-refractivity contribution in [2.45, 2.75) is 31.7 Å². The number of aryl methyl sites for hydroxylation is 1. The SMILES string of the molecule is CC(Nc1nc2c(s1)CCC2C(=O)O)c1ncn[nH]1. The van der Waals surface area contributed by atoms with Crippen LogP contribution < -0.4 is 5.32 Å². The lowest BCUT2D eigenvalue weighted by Gasteiger charge is -2.09. The van der Waals surface area contributed by atoms with Gasteiger partial charge in [-0.15, -0.1) is 11.3 Å². The summed E-state index contributed by atoms with van der Waals surface area (Å²) in [5.74, 6) is -0.522. The molecule has 0 aliphatic heterocycles. The number of rotatable bonds is 4. The number of aromatic nitrogens is 4. The van der Waals surface area contributed by atoms with Gasteiger partial charge in [-0.05, 0) is 19.8 Å². The first-order valence-corrected chi connectivity index (χ1v) is 6.81. The molecule has 0 aromatic carbocycles. The second kappa shape index (κ2) is 4.61. The Morgan fingerprint density at radius 3 is 3.21 bits per heavy atom. The van der Waals surface area contributed by atoms with E-state index in [0.717, 1.165) is 22.3 Å². The maximum atomic E-state index is 11.1. The molecule has 0 saturated heterocycles. The molecular weight excluding hydrogens is 266 g/mol. The van der Waals surface area contributed by atoms with Gasteiger partial charge in [0, 0.05) is 4.88 Å². The number of carboxylic acids is 1. The van der Waals surface area contributed by atoms with Crippen molar-refractivity contribution in [3.8, 4) is 0 Å². The molecule has 2 unspecified atom stereocenters. The molecule has 3 rings (SSSR count). The number of carbonyl (C=O) groups is 1. The van der Waals surface area contributed by atoms with Crippen LogP contribution in [0.1, 0.15) is 41.7 Å². The first kappa shape index (κ1) is 12.1. The number of hydrogen-bond acceptors (Lipinski definition) is 6. The van der Waals surface area contributed by atoms with Gasteiger partial charge in [-0.3, -0.25) is 9.89 Å². The number of thiazole rings is 1. The summed E-state index contributed by atoms with van der Waals surface area (Å²) in [6, 6.07) is -0.0444. The van der Waals surface area contributed by atoms with Crippen molar-refractivity contribution in [3.05, 3.63) is 22.7 Å². The second-order valence-corrected chi connectivity index (χ2v) is 5.58. The van der Waals surface area contributed by atoms with Crippen LogP contribution in [0, 0.1) is 0 Å². The predicted molar refractivity (Wildman–Crippen MR) is 69.2 cm³/mol. The fourth-order valence-corrected chi connectivity index (χ4v) is 3.33. The minimum atomic E-state index is -0.793. The van der Waals surface area contributed by atoms with Gasteiger partial charge in [0.2, 0.25) is 0 Å². The molecule has 2 heterocycles. The van der Waals surface area contributed by atoms with E-state index in [9.17, 15) is 4.79 Å². The highest BCUT2D eigenvalue weighted by Crippen LogP contribution is 2.38. The van der Waals surface area contributed by atoms with Gasteiger partial charge in [-0.25, -0.2) is 9.97 Å². The van der Waals surface area contributed by atoms with Crippen LogP contribution in [-0.4, -0.2) is 31.2 Å². The van der Waals surface area contributed by atoms with Crippen LogP contribution in [0.25, 0.3) is 0 Å². The lowest BCUT2D eigenvalue weighted by Crippen LogP contribution is -2.10. The van der Waals surface area contributed by atoms with Crippen LogP contribution in [0.2, 0.25) is 0 Å². The van der Waals surface area contributed by atoms with E-state index < -0.39 is 11.9 Å². The zero-order chi connectivity index (χ0) is 13.4. The van der Waals surface area contributed by atoms with Crippen LogP contribution in [-0.2, 0) is 11.2 Å². The Labute approximate surface area is 113 Å². The lowest BCUT2D eigenvalue weighted by molar-refractivity contribution is -0.138. The summed E-state index contributed by atoms with van der Waals surface area (Å²) in [4.78, 5) is 20.7. The number of anilines is 1. The normalized spacial score (nSPS) is 19.1. The van der Waals surface area contributed by atoms with Crippen LogP contribution in [0.4, 0.5) is 5.13 Å². The van der Waals surface area contributed by atoms with Gasteiger partial charge in [-0.2, -0.15) is 5.10 Å². The van der Waals surface area contributed by atoms with Crippen LogP contribution in [0.3, 0.4) is 0 Å². The number of aliphatic carboxylic acids is 1. The maximum Gasteiger partial charge on any atom is 0.312 e. The van der Waals surface area contributed by atoms with Crippen molar-refractivity contribution in [1.82, 2.24) is 20.2 Å². The molecule has 2 aromatic rings. The molecule has 3 N–H and O–H groups in total. The predicted octanol–water partition coefficient (Wildman–Crippen LogP) is 1.55. The Kier molecular flexibility index (Phi) is 2.94. The molecule has 0 radical (unpaired) electrons. The summed E-state index contributed by atoms with van der Waals surface area (Å²) in [5.41, 5.74) is 0.713. The number of hydrogen-bond donors (Lipinski definition) is 3. The third-order valence-corrected chi connectivity index (χ3v) is 4.26. The molecule has 1 aliphatic carbocycles. The highest BCUT2D eigenvalue weighted by atomic mass is 32.1. The molecule has 2 aromatic heterocycles. The van der Waals surface area contributed by atoms with E-state index >= 15 is 0 Å². The molecule has 1 aliphatic rings. The van der Waals surface area contributed by atoms with Gasteiger partial charge >= 0.3 is 5.97 Å². The molecule has 0 saturated carbocycles. The number of nitrogens with zero attached hydrogens (tertiary/aromatic N) is 3. The minimum Gasteiger partial charge on any atom is -0.481 e. The average Bonchev–Trinajstić information content (AvgIpc) is 3.03. The summed E-state index contributed by atoms with van der Waals surface area (Å²) in [7, 11) is 0. The Hall–Kier alpha value is -1.96. The standard InChI is InChI=1S/C11H13N5O2S/c1-5(9-12-4-13-16-9)14-11-15-8-6(10(17)18)2-3-7(8)19-11/h4-6H,2-3H2,1H3,(H,14,15)(H,17,18)(H,12,13,16). The lowest BCUT2D eigenvalue weighted by atomic mass is 10.1. The zero-order valence-corrected chi connectivity index (χ0v) is 11.1. The van der Waals surface area contributed by atoms with E-state index in [-0.39, 0.29) is 6.04 Å². The number of H-pyrrole nitrogens is 1. The average molecular weight is 279 g/mol. The summed E-state index contributed by atoms with van der Waals surface area (Å²) in [6.07, 6.45) is 2.90. The topological polar surface area (TPSA) is 104 Å². The van der Waals surface area contributed by atoms with E-state index in [1.807, 2.05) is 6.92 Å². The molecule has 100 valence electrons. The van der Waals surface area contributed by atoms with Gasteiger partial charge in [0.05, 0.1) is 11.7 Å². The van der Waals surface area contributed by atoms with E-state index in [1.54, 1.807) is 0 Å². The minimum absolute atomic E-state index is 0.0444. The molecule has 19 heavy (non-hydrogen) atoms. The van der Waals surface area contributed by atoms with Crippen LogP contribution >= 0.6 is 11.3 Å². The fraction of sp³-hybridized carbons (Fsp3) is 0.455. The Balaban J connectivity index is 1.77. The smallest absolute Gasteiger partial charge is 0.312 e. The van der Waals surface area contributed by atoms with Crippen molar-refractivity contribution >= 4 is 22.4 Å². The van der Waals surface area contributed by atoms with Gasteiger partial charge in [0.25, 0.3) is 0 Å². The van der Waals surface area contributed by atoms with Crippen molar-refractivity contribution in [2.75, 3.05) is 5.32 Å². The zero-order valence-electron chi connectivity index (χ0n) is 10.3. The largest absolute Gasteiger partial charge is 0.481 e. The number of aromatic amines is 1.